The average Bonchev–Trinajstić information content (AvgIpc) is 3.25. The Morgan fingerprint density at radius 3 is 2.80 bits per heavy atom. The zero-order valence-corrected chi connectivity index (χ0v) is 15.3. The molecule has 2 heterocycles. The zero-order chi connectivity index (χ0) is 17.2. The molecule has 0 spiro atoms. The first-order valence-corrected chi connectivity index (χ1v) is 9.36. The molecule has 1 aromatic carbocycles. The van der Waals surface area contributed by atoms with Crippen LogP contribution in [0.25, 0.3) is 11.1 Å². The van der Waals surface area contributed by atoms with Gasteiger partial charge in [-0.05, 0) is 42.2 Å². The van der Waals surface area contributed by atoms with Gasteiger partial charge in [0, 0.05) is 34.9 Å². The number of halogens is 1. The Morgan fingerprint density at radius 2 is 2.04 bits per heavy atom. The number of urea groups is 1. The first-order valence-electron chi connectivity index (χ1n) is 8.57. The van der Waals surface area contributed by atoms with Crippen molar-refractivity contribution in [3.63, 3.8) is 0 Å². The maximum absolute atomic E-state index is 12.2. The Labute approximate surface area is 155 Å². The van der Waals surface area contributed by atoms with E-state index in [1.54, 1.807) is 6.20 Å². The number of amides is 2. The summed E-state index contributed by atoms with van der Waals surface area (Å²) < 4.78 is 1.00. The van der Waals surface area contributed by atoms with Crippen LogP contribution >= 0.6 is 15.9 Å². The monoisotopic (exact) mass is 398 g/mol. The summed E-state index contributed by atoms with van der Waals surface area (Å²) in [5.74, 6) is 0.689. The second-order valence-corrected chi connectivity index (χ2v) is 7.37. The summed E-state index contributed by atoms with van der Waals surface area (Å²) in [6.07, 6.45) is 8.75. The van der Waals surface area contributed by atoms with Gasteiger partial charge in [0.2, 0.25) is 0 Å². The molecule has 2 N–H and O–H groups in total. The highest BCUT2D eigenvalue weighted by Crippen LogP contribution is 2.37. The largest absolute Gasteiger partial charge is 0.335 e. The molecule has 128 valence electrons. The van der Waals surface area contributed by atoms with Crippen LogP contribution in [0, 0.1) is 0 Å². The summed E-state index contributed by atoms with van der Waals surface area (Å²) in [7, 11) is 0. The van der Waals surface area contributed by atoms with E-state index < -0.39 is 0 Å². The molecule has 5 nitrogen and oxygen atoms in total. The van der Waals surface area contributed by atoms with Crippen LogP contribution in [0.4, 0.5) is 10.5 Å². The van der Waals surface area contributed by atoms with Crippen LogP contribution in [0.3, 0.4) is 0 Å². The number of nitrogens with one attached hydrogen (secondary N) is 2. The fourth-order valence-corrected chi connectivity index (χ4v) is 4.03. The van der Waals surface area contributed by atoms with Gasteiger partial charge in [-0.1, -0.05) is 34.8 Å². The number of hydrogen-bond acceptors (Lipinski definition) is 3. The lowest BCUT2D eigenvalue weighted by Crippen LogP contribution is -2.43. The van der Waals surface area contributed by atoms with Gasteiger partial charge in [-0.2, -0.15) is 0 Å². The van der Waals surface area contributed by atoms with Gasteiger partial charge in [-0.3, -0.25) is 10.3 Å². The third-order valence-electron chi connectivity index (χ3n) is 4.71. The summed E-state index contributed by atoms with van der Waals surface area (Å²) in [5.41, 5.74) is 4.09. The third-order valence-corrected chi connectivity index (χ3v) is 5.42. The summed E-state index contributed by atoms with van der Waals surface area (Å²) in [6, 6.07) is 8.21. The predicted octanol–water partition coefficient (Wildman–Crippen LogP) is 4.34. The number of nitrogens with zero attached hydrogens (tertiary/aromatic N) is 2. The number of pyridine rings is 1. The molecular weight excluding hydrogens is 380 g/mol. The number of benzene rings is 1. The highest BCUT2D eigenvalue weighted by atomic mass is 79.9. The van der Waals surface area contributed by atoms with Gasteiger partial charge in [0.1, 0.15) is 5.84 Å². The number of carbonyl (C=O) groups excluding carboxylic acids is 1. The minimum absolute atomic E-state index is 0.151. The number of fused-ring (bicyclic) bond motifs is 1. The highest BCUT2D eigenvalue weighted by molar-refractivity contribution is 9.10. The number of hydrogen-bond donors (Lipinski definition) is 2. The van der Waals surface area contributed by atoms with Crippen LogP contribution in [0.5, 0.6) is 0 Å². The molecule has 2 aliphatic rings. The second kappa shape index (κ2) is 6.96. The molecule has 1 aliphatic carbocycles. The van der Waals surface area contributed by atoms with E-state index in [9.17, 15) is 4.79 Å². The standard InChI is InChI=1S/C19H19BrN4O/c20-16-8-13(12-4-3-7-21-11-12)9-17-15(16)10-18(23-17)24-19(25)22-14-5-1-2-6-14/h3-4,7-9,11,14H,1-2,5-6,10H2,(H2,22,23,24,25). The second-order valence-electron chi connectivity index (χ2n) is 6.51. The van der Waals surface area contributed by atoms with Crippen molar-refractivity contribution in [3.05, 3.63) is 46.7 Å². The van der Waals surface area contributed by atoms with E-state index in [2.05, 4.69) is 42.6 Å². The smallest absolute Gasteiger partial charge is 0.320 e. The number of aliphatic imine (C=N–C) groups is 1. The van der Waals surface area contributed by atoms with Crippen molar-refractivity contribution in [1.29, 1.82) is 0 Å². The fraction of sp³-hybridized carbons (Fsp3) is 0.316. The molecule has 25 heavy (non-hydrogen) atoms. The molecule has 2 amide bonds. The molecule has 0 bridgehead atoms. The summed E-state index contributed by atoms with van der Waals surface area (Å²) in [6.45, 7) is 0. The molecule has 1 aromatic heterocycles. The van der Waals surface area contributed by atoms with Crippen molar-refractivity contribution in [2.45, 2.75) is 38.1 Å². The van der Waals surface area contributed by atoms with Crippen LogP contribution in [-0.4, -0.2) is 22.9 Å². The lowest BCUT2D eigenvalue weighted by Gasteiger charge is -2.12. The van der Waals surface area contributed by atoms with Crippen molar-refractivity contribution in [1.82, 2.24) is 15.6 Å². The number of rotatable bonds is 2. The molecule has 0 radical (unpaired) electrons. The Kier molecular flexibility index (Phi) is 4.53. The molecule has 2 aromatic rings. The van der Waals surface area contributed by atoms with Crippen molar-refractivity contribution in [3.8, 4) is 11.1 Å². The maximum atomic E-state index is 12.2. The van der Waals surface area contributed by atoms with Crippen LogP contribution in [0.15, 0.2) is 46.1 Å². The lowest BCUT2D eigenvalue weighted by molar-refractivity contribution is 0.241. The van der Waals surface area contributed by atoms with E-state index in [-0.39, 0.29) is 6.03 Å². The molecule has 1 aliphatic heterocycles. The average molecular weight is 399 g/mol. The molecule has 0 atom stereocenters. The van der Waals surface area contributed by atoms with Crippen molar-refractivity contribution < 1.29 is 4.79 Å². The summed E-state index contributed by atoms with van der Waals surface area (Å²) in [5, 5.41) is 5.94. The van der Waals surface area contributed by atoms with Crippen LogP contribution in [-0.2, 0) is 6.42 Å². The number of amidine groups is 1. The van der Waals surface area contributed by atoms with Gasteiger partial charge in [-0.15, -0.1) is 0 Å². The normalized spacial score (nSPS) is 16.4. The van der Waals surface area contributed by atoms with Gasteiger partial charge in [0.05, 0.1) is 5.69 Å². The van der Waals surface area contributed by atoms with E-state index in [0.717, 1.165) is 39.7 Å². The molecule has 1 fully saturated rings. The quantitative estimate of drug-likeness (QED) is 0.789. The minimum atomic E-state index is -0.151. The highest BCUT2D eigenvalue weighted by Gasteiger charge is 2.22. The van der Waals surface area contributed by atoms with Gasteiger partial charge >= 0.3 is 6.03 Å². The fourth-order valence-electron chi connectivity index (χ4n) is 3.44. The van der Waals surface area contributed by atoms with Crippen LogP contribution < -0.4 is 10.6 Å². The molecular formula is C19H19BrN4O. The Bertz CT molecular complexity index is 829. The first-order chi connectivity index (χ1) is 12.2. The van der Waals surface area contributed by atoms with E-state index in [4.69, 9.17) is 0 Å². The molecule has 4 rings (SSSR count). The van der Waals surface area contributed by atoms with E-state index in [1.807, 2.05) is 24.4 Å². The van der Waals surface area contributed by atoms with Crippen molar-refractivity contribution in [2.24, 2.45) is 4.99 Å². The Hall–Kier alpha value is -2.21. The summed E-state index contributed by atoms with van der Waals surface area (Å²) >= 11 is 3.64. The Morgan fingerprint density at radius 1 is 1.20 bits per heavy atom. The number of aromatic nitrogens is 1. The van der Waals surface area contributed by atoms with Crippen LogP contribution in [0.2, 0.25) is 0 Å². The van der Waals surface area contributed by atoms with Crippen LogP contribution in [0.1, 0.15) is 31.2 Å². The van der Waals surface area contributed by atoms with Gasteiger partial charge < -0.3 is 5.32 Å². The molecule has 0 unspecified atom stereocenters. The SMILES string of the molecule is O=C(NC1=Nc2cc(-c3cccnc3)cc(Br)c2C1)NC1CCCC1. The van der Waals surface area contributed by atoms with Gasteiger partial charge in [0.15, 0.2) is 0 Å². The van der Waals surface area contributed by atoms with Gasteiger partial charge in [-0.25, -0.2) is 9.79 Å². The summed E-state index contributed by atoms with van der Waals surface area (Å²) in [4.78, 5) is 20.9. The van der Waals surface area contributed by atoms with Gasteiger partial charge in [0.25, 0.3) is 0 Å². The van der Waals surface area contributed by atoms with Crippen molar-refractivity contribution >= 4 is 33.5 Å². The maximum Gasteiger partial charge on any atom is 0.320 e. The topological polar surface area (TPSA) is 66.4 Å². The zero-order valence-electron chi connectivity index (χ0n) is 13.8. The number of carbonyl (C=O) groups is 1. The lowest BCUT2D eigenvalue weighted by atomic mass is 10.0. The molecule has 6 heteroatoms. The van der Waals surface area contributed by atoms with Crippen molar-refractivity contribution in [2.75, 3.05) is 0 Å². The predicted molar refractivity (Wildman–Crippen MR) is 102 cm³/mol. The first kappa shape index (κ1) is 16.3. The molecule has 0 saturated heterocycles. The van der Waals surface area contributed by atoms with E-state index in [0.29, 0.717) is 18.3 Å². The third kappa shape index (κ3) is 3.58. The van der Waals surface area contributed by atoms with E-state index >= 15 is 0 Å². The molecule has 1 saturated carbocycles. The Balaban J connectivity index is 1.50. The minimum Gasteiger partial charge on any atom is -0.335 e. The van der Waals surface area contributed by atoms with E-state index in [1.165, 1.54) is 12.8 Å².